The summed E-state index contributed by atoms with van der Waals surface area (Å²) in [6.07, 6.45) is -1.13. The molecule has 0 spiro atoms. The first kappa shape index (κ1) is 17.1. The van der Waals surface area contributed by atoms with E-state index in [9.17, 15) is 23.8 Å². The number of benzene rings is 1. The van der Waals surface area contributed by atoms with Crippen LogP contribution in [0.15, 0.2) is 24.3 Å². The Kier molecular flexibility index (Phi) is 4.54. The number of fused-ring (bicyclic) bond motifs is 1. The topological polar surface area (TPSA) is 82.9 Å². The number of anilines is 1. The number of aliphatic hydroxyl groups excluding tert-OH is 1. The molecule has 6 nitrogen and oxygen atoms in total. The molecule has 0 radical (unpaired) electrons. The molecule has 25 heavy (non-hydrogen) atoms. The van der Waals surface area contributed by atoms with Crippen molar-refractivity contribution in [2.45, 2.75) is 26.0 Å². The van der Waals surface area contributed by atoms with Gasteiger partial charge in [0.15, 0.2) is 0 Å². The summed E-state index contributed by atoms with van der Waals surface area (Å²) in [5.41, 5.74) is 1.14. The minimum atomic E-state index is -1.16. The highest BCUT2D eigenvalue weighted by atomic mass is 19.1. The van der Waals surface area contributed by atoms with E-state index in [1.807, 2.05) is 0 Å². The van der Waals surface area contributed by atoms with Gasteiger partial charge in [0.2, 0.25) is 5.88 Å². The van der Waals surface area contributed by atoms with Gasteiger partial charge in [-0.1, -0.05) is 6.07 Å². The molecule has 2 N–H and O–H groups in total. The highest BCUT2D eigenvalue weighted by Gasteiger charge is 2.31. The summed E-state index contributed by atoms with van der Waals surface area (Å²) in [7, 11) is 0. The average Bonchev–Trinajstić information content (AvgIpc) is 2.56. The minimum absolute atomic E-state index is 0.0319. The fourth-order valence-electron chi connectivity index (χ4n) is 2.80. The maximum absolute atomic E-state index is 13.9. The zero-order valence-corrected chi connectivity index (χ0v) is 13.4. The van der Waals surface area contributed by atoms with Gasteiger partial charge in [-0.2, -0.15) is 0 Å². The third kappa shape index (κ3) is 3.25. The molecule has 0 aliphatic carbocycles. The predicted octanol–water partition coefficient (Wildman–Crippen LogP) is 2.71. The van der Waals surface area contributed by atoms with Crippen molar-refractivity contribution in [2.75, 3.05) is 11.5 Å². The quantitative estimate of drug-likeness (QED) is 0.889. The molecular formula is C17H16F2N2O4. The molecule has 1 aromatic carbocycles. The molecule has 1 aromatic heterocycles. The molecule has 2 heterocycles. The van der Waals surface area contributed by atoms with Crippen molar-refractivity contribution in [1.29, 1.82) is 0 Å². The van der Waals surface area contributed by atoms with Gasteiger partial charge < -0.3 is 14.9 Å². The van der Waals surface area contributed by atoms with Crippen molar-refractivity contribution in [1.82, 2.24) is 4.98 Å². The van der Waals surface area contributed by atoms with E-state index in [0.29, 0.717) is 5.56 Å². The number of nitrogens with zero attached hydrogens (tertiary/aromatic N) is 2. The van der Waals surface area contributed by atoms with Gasteiger partial charge in [0.25, 0.3) is 0 Å². The van der Waals surface area contributed by atoms with Crippen molar-refractivity contribution in [2.24, 2.45) is 0 Å². The maximum Gasteiger partial charge on any atom is 0.412 e. The van der Waals surface area contributed by atoms with Crippen LogP contribution in [-0.4, -0.2) is 33.9 Å². The lowest BCUT2D eigenvalue weighted by molar-refractivity contribution is 0.188. The second-order valence-electron chi connectivity index (χ2n) is 5.80. The van der Waals surface area contributed by atoms with E-state index in [1.54, 1.807) is 6.92 Å². The highest BCUT2D eigenvalue weighted by Crippen LogP contribution is 2.35. The lowest BCUT2D eigenvalue weighted by atomic mass is 10.0. The Balaban J connectivity index is 2.06. The predicted molar refractivity (Wildman–Crippen MR) is 84.8 cm³/mol. The molecule has 0 bridgehead atoms. The lowest BCUT2D eigenvalue weighted by Gasteiger charge is -2.32. The number of pyridine rings is 1. The van der Waals surface area contributed by atoms with Crippen molar-refractivity contribution < 1.29 is 28.5 Å². The Morgan fingerprint density at radius 3 is 2.76 bits per heavy atom. The molecule has 0 saturated heterocycles. The number of ether oxygens (including phenoxy) is 1. The fraction of sp³-hybridized carbons (Fsp3) is 0.294. The molecule has 0 saturated carbocycles. The smallest absolute Gasteiger partial charge is 0.412 e. The number of hydrogen-bond acceptors (Lipinski definition) is 4. The van der Waals surface area contributed by atoms with E-state index >= 15 is 0 Å². The van der Waals surface area contributed by atoms with Crippen LogP contribution < -0.4 is 9.64 Å². The first-order valence-electron chi connectivity index (χ1n) is 7.63. The number of carbonyl (C=O) groups is 1. The van der Waals surface area contributed by atoms with E-state index in [1.165, 1.54) is 12.1 Å². The molecule has 1 amide bonds. The van der Waals surface area contributed by atoms with Crippen LogP contribution in [0.3, 0.4) is 0 Å². The summed E-state index contributed by atoms with van der Waals surface area (Å²) in [6.45, 7) is 1.41. The van der Waals surface area contributed by atoms with Crippen LogP contribution in [0, 0.1) is 11.6 Å². The first-order valence-corrected chi connectivity index (χ1v) is 7.63. The maximum atomic E-state index is 13.9. The number of carboxylic acid groups (broad SMARTS) is 1. The lowest BCUT2D eigenvalue weighted by Crippen LogP contribution is -2.44. The fourth-order valence-corrected chi connectivity index (χ4v) is 2.80. The normalized spacial score (nSPS) is 16.3. The third-order valence-electron chi connectivity index (χ3n) is 4.05. The summed E-state index contributed by atoms with van der Waals surface area (Å²) >= 11 is 0. The van der Waals surface area contributed by atoms with Crippen molar-refractivity contribution in [3.05, 3.63) is 52.7 Å². The van der Waals surface area contributed by atoms with E-state index < -0.39 is 30.4 Å². The van der Waals surface area contributed by atoms with Gasteiger partial charge >= 0.3 is 6.09 Å². The molecular weight excluding hydrogens is 334 g/mol. The highest BCUT2D eigenvalue weighted by molar-refractivity contribution is 5.89. The largest absolute Gasteiger partial charge is 0.474 e. The number of halogens is 2. The van der Waals surface area contributed by atoms with E-state index in [-0.39, 0.29) is 35.9 Å². The first-order chi connectivity index (χ1) is 11.9. The number of hydrogen-bond donors (Lipinski definition) is 2. The molecule has 2 aromatic rings. The van der Waals surface area contributed by atoms with Gasteiger partial charge in [-0.3, -0.25) is 4.90 Å². The molecule has 1 aliphatic rings. The summed E-state index contributed by atoms with van der Waals surface area (Å²) < 4.78 is 32.4. The number of aromatic nitrogens is 1. The molecule has 1 atom stereocenters. The number of aliphatic hydroxyl groups is 1. The molecule has 1 aliphatic heterocycles. The van der Waals surface area contributed by atoms with Gasteiger partial charge in [-0.05, 0) is 30.2 Å². The van der Waals surface area contributed by atoms with Gasteiger partial charge in [0, 0.05) is 12.5 Å². The Hall–Kier alpha value is -2.74. The molecule has 132 valence electrons. The monoisotopic (exact) mass is 350 g/mol. The molecule has 0 unspecified atom stereocenters. The number of amides is 1. The van der Waals surface area contributed by atoms with E-state index in [0.717, 1.165) is 17.0 Å². The standard InChI is InChI=1S/C17H16F2N2O4/c1-9-8-25-16-15(21(9)17(23)24)5-11(14(7-22)20-16)4-10-2-3-12(18)6-13(10)19/h2-3,5-6,9,22H,4,7-8H2,1H3,(H,23,24)/t9-/m0/s1. The molecule has 8 heteroatoms. The van der Waals surface area contributed by atoms with Crippen LogP contribution in [0.4, 0.5) is 19.3 Å². The molecule has 0 fully saturated rings. The Labute approximate surface area is 142 Å². The van der Waals surface area contributed by atoms with Crippen LogP contribution in [0.5, 0.6) is 5.88 Å². The Morgan fingerprint density at radius 2 is 2.12 bits per heavy atom. The third-order valence-corrected chi connectivity index (χ3v) is 4.05. The van der Waals surface area contributed by atoms with Crippen LogP contribution in [0.1, 0.15) is 23.7 Å². The van der Waals surface area contributed by atoms with Gasteiger partial charge in [-0.15, -0.1) is 0 Å². The average molecular weight is 350 g/mol. The van der Waals surface area contributed by atoms with Crippen LogP contribution in [0.2, 0.25) is 0 Å². The zero-order valence-electron chi connectivity index (χ0n) is 13.4. The second kappa shape index (κ2) is 6.64. The van der Waals surface area contributed by atoms with Crippen LogP contribution in [-0.2, 0) is 13.0 Å². The van der Waals surface area contributed by atoms with Gasteiger partial charge in [-0.25, -0.2) is 18.6 Å². The van der Waals surface area contributed by atoms with E-state index in [4.69, 9.17) is 4.74 Å². The van der Waals surface area contributed by atoms with Crippen molar-refractivity contribution in [3.63, 3.8) is 0 Å². The summed E-state index contributed by atoms with van der Waals surface area (Å²) in [4.78, 5) is 16.8. The minimum Gasteiger partial charge on any atom is -0.474 e. The van der Waals surface area contributed by atoms with Gasteiger partial charge in [0.1, 0.15) is 23.9 Å². The summed E-state index contributed by atoms with van der Waals surface area (Å²) in [5.74, 6) is -1.30. The summed E-state index contributed by atoms with van der Waals surface area (Å²) in [6, 6.07) is 4.31. The SMILES string of the molecule is C[C@H]1COc2nc(CO)c(Cc3ccc(F)cc3F)cc2N1C(=O)O. The Bertz CT molecular complexity index is 829. The molecule has 3 rings (SSSR count). The van der Waals surface area contributed by atoms with Crippen molar-refractivity contribution in [3.8, 4) is 5.88 Å². The van der Waals surface area contributed by atoms with E-state index in [2.05, 4.69) is 4.98 Å². The van der Waals surface area contributed by atoms with Crippen molar-refractivity contribution >= 4 is 11.8 Å². The van der Waals surface area contributed by atoms with Gasteiger partial charge in [0.05, 0.1) is 18.3 Å². The second-order valence-corrected chi connectivity index (χ2v) is 5.80. The zero-order chi connectivity index (χ0) is 18.1. The Morgan fingerprint density at radius 1 is 1.36 bits per heavy atom. The summed E-state index contributed by atoms with van der Waals surface area (Å²) in [5, 5.41) is 19.0. The van der Waals surface area contributed by atoms with Crippen LogP contribution in [0.25, 0.3) is 0 Å². The van der Waals surface area contributed by atoms with Crippen LogP contribution >= 0.6 is 0 Å². The number of rotatable bonds is 3.